The average Bonchev–Trinajstić information content (AvgIpc) is 2.96. The minimum absolute atomic E-state index is 0.554. The van der Waals surface area contributed by atoms with Crippen molar-refractivity contribution in [2.45, 2.75) is 26.3 Å². The summed E-state index contributed by atoms with van der Waals surface area (Å²) in [4.78, 5) is 9.36. The molecule has 3 heterocycles. The van der Waals surface area contributed by atoms with Crippen molar-refractivity contribution < 1.29 is 4.74 Å². The monoisotopic (exact) mass is 334 g/mol. The third-order valence-electron chi connectivity index (χ3n) is 3.92. The van der Waals surface area contributed by atoms with Crippen LogP contribution in [0.5, 0.6) is 5.88 Å². The fourth-order valence-corrected chi connectivity index (χ4v) is 3.41. The Labute approximate surface area is 140 Å². The summed E-state index contributed by atoms with van der Waals surface area (Å²) in [6.45, 7) is 6.97. The molecule has 0 N–H and O–H groups in total. The number of aryl methyl sites for hydroxylation is 1. The third kappa shape index (κ3) is 4.14. The molecule has 23 heavy (non-hydrogen) atoms. The van der Waals surface area contributed by atoms with Crippen LogP contribution in [0.4, 0.5) is 5.13 Å². The zero-order chi connectivity index (χ0) is 16.1. The Bertz CT molecular complexity index is 617. The van der Waals surface area contributed by atoms with Crippen LogP contribution in [-0.2, 0) is 13.0 Å². The molecule has 0 aromatic carbocycles. The molecule has 2 aromatic heterocycles. The number of hydrogen-bond acceptors (Lipinski definition) is 8. The van der Waals surface area contributed by atoms with Crippen molar-refractivity contribution in [1.82, 2.24) is 24.5 Å². The average molecular weight is 334 g/mol. The van der Waals surface area contributed by atoms with Gasteiger partial charge in [-0.1, -0.05) is 6.92 Å². The number of methoxy groups -OCH3 is 1. The van der Waals surface area contributed by atoms with E-state index >= 15 is 0 Å². The van der Waals surface area contributed by atoms with Gasteiger partial charge in [0.15, 0.2) is 0 Å². The zero-order valence-corrected chi connectivity index (χ0v) is 14.4. The molecule has 3 rings (SSSR count). The minimum Gasteiger partial charge on any atom is -0.480 e. The zero-order valence-electron chi connectivity index (χ0n) is 13.6. The maximum absolute atomic E-state index is 5.05. The van der Waals surface area contributed by atoms with Gasteiger partial charge in [0, 0.05) is 56.7 Å². The van der Waals surface area contributed by atoms with E-state index in [1.807, 2.05) is 12.1 Å². The lowest BCUT2D eigenvalue weighted by molar-refractivity contribution is 0.280. The molecule has 0 saturated carbocycles. The predicted molar refractivity (Wildman–Crippen MR) is 90.0 cm³/mol. The van der Waals surface area contributed by atoms with Crippen molar-refractivity contribution in [3.8, 4) is 5.88 Å². The van der Waals surface area contributed by atoms with Crippen LogP contribution >= 0.6 is 11.5 Å². The molecule has 1 aliphatic heterocycles. The van der Waals surface area contributed by atoms with Gasteiger partial charge in [-0.2, -0.15) is 9.47 Å². The van der Waals surface area contributed by atoms with Gasteiger partial charge in [-0.3, -0.25) is 4.90 Å². The summed E-state index contributed by atoms with van der Waals surface area (Å²) in [6, 6.07) is 3.84. The molecule has 1 saturated heterocycles. The molecule has 0 aliphatic carbocycles. The molecule has 2 aromatic rings. The lowest BCUT2D eigenvalue weighted by Crippen LogP contribution is -2.30. The Morgan fingerprint density at radius 1 is 1.17 bits per heavy atom. The molecule has 8 heteroatoms. The lowest BCUT2D eigenvalue weighted by Gasteiger charge is -2.20. The van der Waals surface area contributed by atoms with E-state index in [1.54, 1.807) is 7.11 Å². The van der Waals surface area contributed by atoms with Gasteiger partial charge in [0.2, 0.25) is 11.0 Å². The SMILES string of the molecule is CCc1nsc(N2CCCN(Cc3ccc(OC)nn3)CC2)n1. The normalized spacial score (nSPS) is 16.3. The van der Waals surface area contributed by atoms with Crippen molar-refractivity contribution >= 4 is 16.7 Å². The first-order chi connectivity index (χ1) is 11.3. The molecule has 0 spiro atoms. The van der Waals surface area contributed by atoms with Gasteiger partial charge in [0.1, 0.15) is 5.82 Å². The van der Waals surface area contributed by atoms with E-state index in [9.17, 15) is 0 Å². The first-order valence-electron chi connectivity index (χ1n) is 7.95. The first kappa shape index (κ1) is 16.1. The van der Waals surface area contributed by atoms with E-state index in [0.29, 0.717) is 5.88 Å². The predicted octanol–water partition coefficient (Wildman–Crippen LogP) is 1.61. The van der Waals surface area contributed by atoms with Gasteiger partial charge in [-0.15, -0.1) is 5.10 Å². The molecular formula is C15H22N6OS. The van der Waals surface area contributed by atoms with E-state index < -0.39 is 0 Å². The summed E-state index contributed by atoms with van der Waals surface area (Å²) >= 11 is 1.51. The molecular weight excluding hydrogens is 312 g/mol. The highest BCUT2D eigenvalue weighted by Crippen LogP contribution is 2.19. The molecule has 124 valence electrons. The van der Waals surface area contributed by atoms with Crippen LogP contribution < -0.4 is 9.64 Å². The van der Waals surface area contributed by atoms with E-state index in [2.05, 4.69) is 36.3 Å². The van der Waals surface area contributed by atoms with Crippen molar-refractivity contribution in [2.24, 2.45) is 0 Å². The topological polar surface area (TPSA) is 67.3 Å². The van der Waals surface area contributed by atoms with Crippen LogP contribution in [0.2, 0.25) is 0 Å². The minimum atomic E-state index is 0.554. The highest BCUT2D eigenvalue weighted by molar-refractivity contribution is 7.09. The van der Waals surface area contributed by atoms with Crippen LogP contribution in [0.3, 0.4) is 0 Å². The molecule has 1 fully saturated rings. The highest BCUT2D eigenvalue weighted by Gasteiger charge is 2.18. The van der Waals surface area contributed by atoms with E-state index in [1.165, 1.54) is 11.5 Å². The Kier molecular flexibility index (Phi) is 5.35. The van der Waals surface area contributed by atoms with Crippen LogP contribution in [0, 0.1) is 0 Å². The van der Waals surface area contributed by atoms with Gasteiger partial charge < -0.3 is 9.64 Å². The second-order valence-corrected chi connectivity index (χ2v) is 6.26. The van der Waals surface area contributed by atoms with E-state index in [0.717, 1.165) is 62.2 Å². The summed E-state index contributed by atoms with van der Waals surface area (Å²) in [7, 11) is 1.60. The largest absolute Gasteiger partial charge is 0.480 e. The number of anilines is 1. The quantitative estimate of drug-likeness (QED) is 0.823. The second kappa shape index (κ2) is 7.65. The van der Waals surface area contributed by atoms with Crippen LogP contribution in [0.25, 0.3) is 0 Å². The fraction of sp³-hybridized carbons (Fsp3) is 0.600. The summed E-state index contributed by atoms with van der Waals surface area (Å²) < 4.78 is 9.44. The van der Waals surface area contributed by atoms with Crippen molar-refractivity contribution in [2.75, 3.05) is 38.2 Å². The maximum atomic E-state index is 5.05. The summed E-state index contributed by atoms with van der Waals surface area (Å²) in [5.74, 6) is 1.50. The Balaban J connectivity index is 1.57. The number of hydrogen-bond donors (Lipinski definition) is 0. The molecule has 7 nitrogen and oxygen atoms in total. The van der Waals surface area contributed by atoms with Crippen molar-refractivity contribution in [1.29, 1.82) is 0 Å². The summed E-state index contributed by atoms with van der Waals surface area (Å²) in [6.07, 6.45) is 2.01. The molecule has 0 amide bonds. The molecule has 0 unspecified atom stereocenters. The third-order valence-corrected chi connectivity index (χ3v) is 4.74. The maximum Gasteiger partial charge on any atom is 0.233 e. The smallest absolute Gasteiger partial charge is 0.233 e. The molecule has 0 radical (unpaired) electrons. The van der Waals surface area contributed by atoms with Crippen molar-refractivity contribution in [3.63, 3.8) is 0 Å². The van der Waals surface area contributed by atoms with Crippen LogP contribution in [0.1, 0.15) is 24.9 Å². The van der Waals surface area contributed by atoms with Gasteiger partial charge in [-0.05, 0) is 12.5 Å². The second-order valence-electron chi connectivity index (χ2n) is 5.53. The van der Waals surface area contributed by atoms with Gasteiger partial charge in [0.25, 0.3) is 0 Å². The summed E-state index contributed by atoms with van der Waals surface area (Å²) in [5.41, 5.74) is 0.975. The van der Waals surface area contributed by atoms with E-state index in [-0.39, 0.29) is 0 Å². The number of ether oxygens (including phenoxy) is 1. The highest BCUT2D eigenvalue weighted by atomic mass is 32.1. The van der Waals surface area contributed by atoms with Gasteiger partial charge in [0.05, 0.1) is 12.8 Å². The number of nitrogens with zero attached hydrogens (tertiary/aromatic N) is 6. The Morgan fingerprint density at radius 3 is 2.78 bits per heavy atom. The Hall–Kier alpha value is -1.80. The molecule has 0 atom stereocenters. The lowest BCUT2D eigenvalue weighted by atomic mass is 10.3. The van der Waals surface area contributed by atoms with Gasteiger partial charge >= 0.3 is 0 Å². The number of aromatic nitrogens is 4. The first-order valence-corrected chi connectivity index (χ1v) is 8.72. The summed E-state index contributed by atoms with van der Waals surface area (Å²) in [5, 5.41) is 9.30. The fourth-order valence-electron chi connectivity index (χ4n) is 2.61. The molecule has 0 bridgehead atoms. The molecule has 1 aliphatic rings. The van der Waals surface area contributed by atoms with Crippen molar-refractivity contribution in [3.05, 3.63) is 23.7 Å². The van der Waals surface area contributed by atoms with Gasteiger partial charge in [-0.25, -0.2) is 4.98 Å². The Morgan fingerprint density at radius 2 is 2.09 bits per heavy atom. The van der Waals surface area contributed by atoms with E-state index in [4.69, 9.17) is 4.74 Å². The standard InChI is InChI=1S/C15H22N6OS/c1-3-13-16-15(23-19-13)21-8-4-7-20(9-10-21)11-12-5-6-14(22-2)18-17-12/h5-6H,3-4,7-11H2,1-2H3. The van der Waals surface area contributed by atoms with Crippen LogP contribution in [-0.4, -0.2) is 57.7 Å². The number of rotatable bonds is 5. The van der Waals surface area contributed by atoms with Crippen LogP contribution in [0.15, 0.2) is 12.1 Å².